The summed E-state index contributed by atoms with van der Waals surface area (Å²) >= 11 is 0. The largest absolute Gasteiger partial charge is 0.508 e. The van der Waals surface area contributed by atoms with Crippen molar-refractivity contribution in [3.05, 3.63) is 77.9 Å². The average Bonchev–Trinajstić information content (AvgIpc) is 2.83. The van der Waals surface area contributed by atoms with Crippen molar-refractivity contribution in [1.29, 1.82) is 0 Å². The molecule has 0 aliphatic heterocycles. The van der Waals surface area contributed by atoms with Crippen molar-refractivity contribution in [2.45, 2.75) is 37.8 Å². The summed E-state index contributed by atoms with van der Waals surface area (Å²) in [5.74, 6) is -0.420. The molecule has 0 heterocycles. The second-order valence-electron chi connectivity index (χ2n) is 8.19. The highest BCUT2D eigenvalue weighted by Gasteiger charge is 2.24. The van der Waals surface area contributed by atoms with E-state index in [0.717, 1.165) is 21.9 Å². The number of hydrogen-bond donors (Lipinski definition) is 5. The van der Waals surface area contributed by atoms with Crippen LogP contribution in [0.4, 0.5) is 0 Å². The highest BCUT2D eigenvalue weighted by molar-refractivity contribution is 5.90. The van der Waals surface area contributed by atoms with Crippen LogP contribution in [0, 0.1) is 0 Å². The molecule has 0 saturated heterocycles. The number of carbonyl (C=O) groups is 2. The molecule has 0 aromatic heterocycles. The van der Waals surface area contributed by atoms with E-state index in [1.807, 2.05) is 54.6 Å². The summed E-state index contributed by atoms with van der Waals surface area (Å²) in [6.45, 7) is 0.867. The highest BCUT2D eigenvalue weighted by Crippen LogP contribution is 2.17. The predicted octanol–water partition coefficient (Wildman–Crippen LogP) is 2.00. The fraction of sp³-hybridized carbons (Fsp3) is 0.308. The van der Waals surface area contributed by atoms with E-state index in [2.05, 4.69) is 10.6 Å². The maximum Gasteiger partial charge on any atom is 0.242 e. The third kappa shape index (κ3) is 7.30. The third-order valence-corrected chi connectivity index (χ3v) is 5.59. The first-order valence-corrected chi connectivity index (χ1v) is 11.3. The van der Waals surface area contributed by atoms with Gasteiger partial charge in [-0.25, -0.2) is 0 Å². The van der Waals surface area contributed by atoms with E-state index in [9.17, 15) is 14.7 Å². The van der Waals surface area contributed by atoms with Gasteiger partial charge in [0.05, 0.1) is 6.04 Å². The Hall–Kier alpha value is -3.42. The van der Waals surface area contributed by atoms with Crippen molar-refractivity contribution in [2.75, 3.05) is 13.1 Å². The van der Waals surface area contributed by atoms with Crippen molar-refractivity contribution < 1.29 is 14.7 Å². The Bertz CT molecular complexity index is 1070. The summed E-state index contributed by atoms with van der Waals surface area (Å²) in [7, 11) is 0. The lowest BCUT2D eigenvalue weighted by Crippen LogP contribution is -2.52. The summed E-state index contributed by atoms with van der Waals surface area (Å²) in [6.07, 6.45) is 2.07. The lowest BCUT2D eigenvalue weighted by atomic mass is 10.0. The number of phenolic OH excluding ortho intramolecular Hbond substituents is 1. The second kappa shape index (κ2) is 12.0. The lowest BCUT2D eigenvalue weighted by Gasteiger charge is -2.21. The first kappa shape index (κ1) is 24.2. The molecule has 0 radical (unpaired) electrons. The molecule has 3 aromatic rings. The number of amides is 2. The molecule has 0 bridgehead atoms. The molecule has 0 spiro atoms. The van der Waals surface area contributed by atoms with E-state index < -0.39 is 12.1 Å². The van der Waals surface area contributed by atoms with Gasteiger partial charge in [-0.1, -0.05) is 54.6 Å². The maximum atomic E-state index is 13.0. The molecule has 7 nitrogen and oxygen atoms in total. The van der Waals surface area contributed by atoms with Crippen LogP contribution in [0.5, 0.6) is 5.75 Å². The number of carbonyl (C=O) groups excluding carboxylic acids is 2. The molecule has 7 N–H and O–H groups in total. The topological polar surface area (TPSA) is 130 Å². The van der Waals surface area contributed by atoms with Gasteiger partial charge >= 0.3 is 0 Å². The quantitative estimate of drug-likeness (QED) is 0.306. The van der Waals surface area contributed by atoms with Crippen molar-refractivity contribution in [2.24, 2.45) is 11.5 Å². The number of hydrogen-bond acceptors (Lipinski definition) is 5. The van der Waals surface area contributed by atoms with Gasteiger partial charge in [-0.3, -0.25) is 9.59 Å². The van der Waals surface area contributed by atoms with Gasteiger partial charge in [-0.2, -0.15) is 0 Å². The van der Waals surface area contributed by atoms with Crippen LogP contribution >= 0.6 is 0 Å². The molecule has 0 aliphatic rings. The molecule has 0 saturated carbocycles. The molecule has 3 rings (SSSR count). The van der Waals surface area contributed by atoms with Crippen LogP contribution in [0.3, 0.4) is 0 Å². The number of aromatic hydroxyl groups is 1. The summed E-state index contributed by atoms with van der Waals surface area (Å²) < 4.78 is 0. The van der Waals surface area contributed by atoms with Crippen LogP contribution in [0.2, 0.25) is 0 Å². The number of fused-ring (bicyclic) bond motifs is 1. The molecular formula is C26H32N4O3. The van der Waals surface area contributed by atoms with Gasteiger partial charge in [0, 0.05) is 13.0 Å². The predicted molar refractivity (Wildman–Crippen MR) is 131 cm³/mol. The molecule has 0 unspecified atom stereocenters. The number of phenols is 1. The van der Waals surface area contributed by atoms with Crippen LogP contribution in [0.25, 0.3) is 10.8 Å². The van der Waals surface area contributed by atoms with E-state index in [4.69, 9.17) is 11.5 Å². The molecule has 3 aromatic carbocycles. The van der Waals surface area contributed by atoms with Crippen LogP contribution in [-0.4, -0.2) is 42.1 Å². The van der Waals surface area contributed by atoms with Gasteiger partial charge in [-0.15, -0.1) is 0 Å². The zero-order chi connectivity index (χ0) is 23.6. The minimum Gasteiger partial charge on any atom is -0.508 e. The Balaban J connectivity index is 1.68. The Morgan fingerprint density at radius 2 is 1.61 bits per heavy atom. The fourth-order valence-corrected chi connectivity index (χ4v) is 3.67. The SMILES string of the molecule is NCCC[C@@H](N)C(=O)N[C@H](Cc1ccc2ccccc2c1)C(=O)NCCc1ccc(O)cc1. The van der Waals surface area contributed by atoms with Gasteiger partial charge in [0.15, 0.2) is 0 Å². The zero-order valence-corrected chi connectivity index (χ0v) is 18.7. The average molecular weight is 449 g/mol. The van der Waals surface area contributed by atoms with E-state index in [-0.39, 0.29) is 17.6 Å². The summed E-state index contributed by atoms with van der Waals surface area (Å²) in [4.78, 5) is 25.6. The Morgan fingerprint density at radius 1 is 0.909 bits per heavy atom. The van der Waals surface area contributed by atoms with E-state index >= 15 is 0 Å². The normalized spacial score (nSPS) is 12.8. The fourth-order valence-electron chi connectivity index (χ4n) is 3.67. The number of nitrogens with two attached hydrogens (primary N) is 2. The smallest absolute Gasteiger partial charge is 0.242 e. The van der Waals surface area contributed by atoms with Gasteiger partial charge < -0.3 is 27.2 Å². The molecule has 2 atom stereocenters. The maximum absolute atomic E-state index is 13.0. The van der Waals surface area contributed by atoms with Crippen LogP contribution < -0.4 is 22.1 Å². The standard InChI is InChI=1S/C26H32N4O3/c27-14-3-6-23(28)25(32)30-24(17-19-7-10-20-4-1-2-5-21(20)16-19)26(33)29-15-13-18-8-11-22(31)12-9-18/h1-2,4-5,7-12,16,23-24,31H,3,6,13-15,17,27-28H2,(H,29,33)(H,30,32)/t23-,24-/m1/s1. The Kier molecular flexibility index (Phi) is 8.80. The van der Waals surface area contributed by atoms with Gasteiger partial charge in [0.1, 0.15) is 11.8 Å². The van der Waals surface area contributed by atoms with Crippen molar-refractivity contribution >= 4 is 22.6 Å². The van der Waals surface area contributed by atoms with Gasteiger partial charge in [0.2, 0.25) is 11.8 Å². The van der Waals surface area contributed by atoms with Crippen LogP contribution in [0.1, 0.15) is 24.0 Å². The van der Waals surface area contributed by atoms with E-state index in [0.29, 0.717) is 38.8 Å². The van der Waals surface area contributed by atoms with Crippen molar-refractivity contribution in [3.8, 4) is 5.75 Å². The monoisotopic (exact) mass is 448 g/mol. The van der Waals surface area contributed by atoms with Crippen molar-refractivity contribution in [1.82, 2.24) is 10.6 Å². The first-order valence-electron chi connectivity index (χ1n) is 11.3. The minimum absolute atomic E-state index is 0.201. The molecule has 33 heavy (non-hydrogen) atoms. The molecule has 0 fully saturated rings. The molecule has 7 heteroatoms. The number of benzene rings is 3. The Morgan fingerprint density at radius 3 is 2.33 bits per heavy atom. The molecule has 2 amide bonds. The molecule has 0 aliphatic carbocycles. The lowest BCUT2D eigenvalue weighted by molar-refractivity contribution is -0.129. The zero-order valence-electron chi connectivity index (χ0n) is 18.7. The molecular weight excluding hydrogens is 416 g/mol. The third-order valence-electron chi connectivity index (χ3n) is 5.59. The van der Waals surface area contributed by atoms with Gasteiger partial charge in [0.25, 0.3) is 0 Å². The molecule has 174 valence electrons. The summed E-state index contributed by atoms with van der Waals surface area (Å²) in [6, 6.07) is 19.4. The minimum atomic E-state index is -0.748. The van der Waals surface area contributed by atoms with Crippen LogP contribution in [-0.2, 0) is 22.4 Å². The highest BCUT2D eigenvalue weighted by atomic mass is 16.3. The first-order chi connectivity index (χ1) is 16.0. The van der Waals surface area contributed by atoms with Gasteiger partial charge in [-0.05, 0) is 59.8 Å². The van der Waals surface area contributed by atoms with Crippen molar-refractivity contribution in [3.63, 3.8) is 0 Å². The number of nitrogens with one attached hydrogen (secondary N) is 2. The van der Waals surface area contributed by atoms with E-state index in [1.54, 1.807) is 12.1 Å². The summed E-state index contributed by atoms with van der Waals surface area (Å²) in [5.41, 5.74) is 13.4. The second-order valence-corrected chi connectivity index (χ2v) is 8.19. The Labute approximate surface area is 194 Å². The number of rotatable bonds is 11. The van der Waals surface area contributed by atoms with Crippen LogP contribution in [0.15, 0.2) is 66.7 Å². The van der Waals surface area contributed by atoms with E-state index in [1.165, 1.54) is 0 Å². The summed E-state index contributed by atoms with van der Waals surface area (Å²) in [5, 5.41) is 17.3.